The molecule has 3 heterocycles. The number of amides is 1. The standard InChI is InChI=1S/C23H28N4O2/c1-2-6-21(18-9-12-24-13-10-18)27-16-11-19-17-20(7-8-22(19)27)29-23(28)25-26-14-4-3-5-15-26/h7-13,16-17,21H,2-6,14-15H2,1H3,(H,25,28). The second-order valence-corrected chi connectivity index (χ2v) is 7.58. The van der Waals surface area contributed by atoms with Gasteiger partial charge in [0, 0.05) is 42.6 Å². The molecule has 0 spiro atoms. The van der Waals surface area contributed by atoms with Crippen LogP contribution in [-0.4, -0.2) is 33.7 Å². The second kappa shape index (κ2) is 9.09. The van der Waals surface area contributed by atoms with Crippen LogP contribution in [0.3, 0.4) is 0 Å². The first kappa shape index (κ1) is 19.5. The van der Waals surface area contributed by atoms with Gasteiger partial charge in [-0.3, -0.25) is 10.4 Å². The lowest BCUT2D eigenvalue weighted by molar-refractivity contribution is 0.129. The molecule has 1 atom stereocenters. The van der Waals surface area contributed by atoms with Crippen molar-refractivity contribution >= 4 is 17.0 Å². The Morgan fingerprint density at radius 1 is 1.14 bits per heavy atom. The van der Waals surface area contributed by atoms with Gasteiger partial charge >= 0.3 is 6.09 Å². The molecule has 4 rings (SSSR count). The van der Waals surface area contributed by atoms with E-state index in [2.05, 4.69) is 46.3 Å². The van der Waals surface area contributed by atoms with Crippen LogP contribution in [0.1, 0.15) is 50.6 Å². The molecule has 152 valence electrons. The van der Waals surface area contributed by atoms with Crippen molar-refractivity contribution in [3.63, 3.8) is 0 Å². The Balaban J connectivity index is 1.51. The Morgan fingerprint density at radius 2 is 1.93 bits per heavy atom. The van der Waals surface area contributed by atoms with Crippen LogP contribution in [-0.2, 0) is 0 Å². The van der Waals surface area contributed by atoms with Crippen LogP contribution in [0.2, 0.25) is 0 Å². The fourth-order valence-electron chi connectivity index (χ4n) is 4.07. The Bertz CT molecular complexity index is 948. The SMILES string of the molecule is CCCC(c1ccncc1)n1ccc2cc(OC(=O)NN3CCCCC3)ccc21. The molecule has 1 fully saturated rings. The van der Waals surface area contributed by atoms with Crippen LogP contribution >= 0.6 is 0 Å². The molecular weight excluding hydrogens is 364 g/mol. The summed E-state index contributed by atoms with van der Waals surface area (Å²) >= 11 is 0. The molecule has 6 nitrogen and oxygen atoms in total. The van der Waals surface area contributed by atoms with Crippen molar-refractivity contribution in [2.45, 2.75) is 45.1 Å². The zero-order chi connectivity index (χ0) is 20.1. The van der Waals surface area contributed by atoms with E-state index in [4.69, 9.17) is 4.74 Å². The Labute approximate surface area is 171 Å². The molecule has 2 aromatic heterocycles. The van der Waals surface area contributed by atoms with Crippen LogP contribution in [0, 0.1) is 0 Å². The van der Waals surface area contributed by atoms with Crippen LogP contribution in [0.4, 0.5) is 4.79 Å². The molecule has 1 saturated heterocycles. The van der Waals surface area contributed by atoms with Gasteiger partial charge in [0.1, 0.15) is 5.75 Å². The number of benzene rings is 1. The molecular formula is C23H28N4O2. The van der Waals surface area contributed by atoms with Crippen LogP contribution in [0.15, 0.2) is 55.0 Å². The molecule has 6 heteroatoms. The number of piperidine rings is 1. The van der Waals surface area contributed by atoms with Gasteiger partial charge in [0.05, 0.1) is 6.04 Å². The minimum atomic E-state index is -0.425. The molecule has 0 aliphatic carbocycles. The van der Waals surface area contributed by atoms with Crippen molar-refractivity contribution < 1.29 is 9.53 Å². The first-order valence-electron chi connectivity index (χ1n) is 10.5. The van der Waals surface area contributed by atoms with Crippen LogP contribution in [0.5, 0.6) is 5.75 Å². The number of pyridine rings is 1. The van der Waals surface area contributed by atoms with E-state index in [0.29, 0.717) is 5.75 Å². The lowest BCUT2D eigenvalue weighted by Gasteiger charge is -2.26. The average Bonchev–Trinajstić information content (AvgIpc) is 3.16. The van der Waals surface area contributed by atoms with E-state index in [1.807, 2.05) is 35.6 Å². The number of carbonyl (C=O) groups excluding carboxylic acids is 1. The maximum Gasteiger partial charge on any atom is 0.427 e. The summed E-state index contributed by atoms with van der Waals surface area (Å²) in [5, 5.41) is 2.99. The number of hydrogen-bond acceptors (Lipinski definition) is 4. The van der Waals surface area contributed by atoms with E-state index in [-0.39, 0.29) is 6.04 Å². The van der Waals surface area contributed by atoms with Gasteiger partial charge in [-0.05, 0) is 61.2 Å². The molecule has 1 N–H and O–H groups in total. The molecule has 0 bridgehead atoms. The molecule has 1 unspecified atom stereocenters. The zero-order valence-corrected chi connectivity index (χ0v) is 16.9. The normalized spacial score (nSPS) is 15.9. The average molecular weight is 393 g/mol. The summed E-state index contributed by atoms with van der Waals surface area (Å²) in [6.07, 6.45) is 10.9. The zero-order valence-electron chi connectivity index (χ0n) is 16.9. The molecule has 3 aromatic rings. The summed E-state index contributed by atoms with van der Waals surface area (Å²) in [7, 11) is 0. The van der Waals surface area contributed by atoms with E-state index >= 15 is 0 Å². The highest BCUT2D eigenvalue weighted by Gasteiger charge is 2.17. The Kier molecular flexibility index (Phi) is 6.10. The molecule has 1 aromatic carbocycles. The second-order valence-electron chi connectivity index (χ2n) is 7.58. The first-order valence-corrected chi connectivity index (χ1v) is 10.5. The predicted molar refractivity (Wildman–Crippen MR) is 114 cm³/mol. The number of nitrogens with one attached hydrogen (secondary N) is 1. The highest BCUT2D eigenvalue weighted by molar-refractivity contribution is 5.83. The van der Waals surface area contributed by atoms with Crippen molar-refractivity contribution in [3.8, 4) is 5.75 Å². The molecule has 1 aliphatic rings. The molecule has 0 saturated carbocycles. The molecule has 1 aliphatic heterocycles. The van der Waals surface area contributed by atoms with Gasteiger partial charge in [0.15, 0.2) is 0 Å². The largest absolute Gasteiger partial charge is 0.427 e. The molecule has 1 amide bonds. The fourth-order valence-corrected chi connectivity index (χ4v) is 4.07. The molecule has 0 radical (unpaired) electrons. The summed E-state index contributed by atoms with van der Waals surface area (Å²) in [6, 6.07) is 12.3. The summed E-state index contributed by atoms with van der Waals surface area (Å²) < 4.78 is 7.82. The monoisotopic (exact) mass is 392 g/mol. The number of rotatable bonds is 6. The highest BCUT2D eigenvalue weighted by atomic mass is 16.6. The number of carbonyl (C=O) groups is 1. The van der Waals surface area contributed by atoms with Gasteiger partial charge < -0.3 is 9.30 Å². The van der Waals surface area contributed by atoms with Gasteiger partial charge in [-0.25, -0.2) is 9.80 Å². The Morgan fingerprint density at radius 3 is 2.69 bits per heavy atom. The topological polar surface area (TPSA) is 59.4 Å². The maximum atomic E-state index is 12.2. The van der Waals surface area contributed by atoms with Gasteiger partial charge in [0.2, 0.25) is 0 Å². The first-order chi connectivity index (χ1) is 14.2. The smallest absolute Gasteiger partial charge is 0.409 e. The van der Waals surface area contributed by atoms with Gasteiger partial charge in [0.25, 0.3) is 0 Å². The van der Waals surface area contributed by atoms with E-state index in [9.17, 15) is 4.79 Å². The third kappa shape index (κ3) is 4.59. The Hall–Kier alpha value is -2.86. The van der Waals surface area contributed by atoms with Gasteiger partial charge in [-0.15, -0.1) is 0 Å². The van der Waals surface area contributed by atoms with Crippen molar-refractivity contribution in [2.24, 2.45) is 0 Å². The lowest BCUT2D eigenvalue weighted by atomic mass is 10.0. The van der Waals surface area contributed by atoms with Crippen LogP contribution in [0.25, 0.3) is 10.9 Å². The maximum absolute atomic E-state index is 12.2. The van der Waals surface area contributed by atoms with Crippen molar-refractivity contribution in [2.75, 3.05) is 13.1 Å². The quantitative estimate of drug-likeness (QED) is 0.647. The fraction of sp³-hybridized carbons (Fsp3) is 0.391. The van der Waals surface area contributed by atoms with Crippen molar-refractivity contribution in [3.05, 3.63) is 60.6 Å². The van der Waals surface area contributed by atoms with Gasteiger partial charge in [-0.2, -0.15) is 0 Å². The number of hydrazine groups is 1. The minimum Gasteiger partial charge on any atom is -0.409 e. The number of ether oxygens (including phenoxy) is 1. The van der Waals surface area contributed by atoms with Crippen molar-refractivity contribution in [1.29, 1.82) is 0 Å². The predicted octanol–water partition coefficient (Wildman–Crippen LogP) is 4.92. The van der Waals surface area contributed by atoms with Gasteiger partial charge in [-0.1, -0.05) is 19.8 Å². The lowest BCUT2D eigenvalue weighted by Crippen LogP contribution is -2.46. The number of fused-ring (bicyclic) bond motifs is 1. The summed E-state index contributed by atoms with van der Waals surface area (Å²) in [5.41, 5.74) is 5.22. The van der Waals surface area contributed by atoms with E-state index < -0.39 is 6.09 Å². The summed E-state index contributed by atoms with van der Waals surface area (Å²) in [5.74, 6) is 0.556. The molecule has 29 heavy (non-hydrogen) atoms. The van der Waals surface area contributed by atoms with E-state index in [0.717, 1.165) is 49.7 Å². The minimum absolute atomic E-state index is 0.259. The number of hydrogen-bond donors (Lipinski definition) is 1. The summed E-state index contributed by atoms with van der Waals surface area (Å²) in [4.78, 5) is 16.4. The summed E-state index contributed by atoms with van der Waals surface area (Å²) in [6.45, 7) is 3.96. The van der Waals surface area contributed by atoms with Crippen LogP contribution < -0.4 is 10.2 Å². The van der Waals surface area contributed by atoms with E-state index in [1.54, 1.807) is 0 Å². The number of aromatic nitrogens is 2. The van der Waals surface area contributed by atoms with E-state index in [1.165, 1.54) is 12.0 Å². The third-order valence-corrected chi connectivity index (χ3v) is 5.50. The highest BCUT2D eigenvalue weighted by Crippen LogP contribution is 2.30. The van der Waals surface area contributed by atoms with Crippen molar-refractivity contribution in [1.82, 2.24) is 20.0 Å². The third-order valence-electron chi connectivity index (χ3n) is 5.50. The number of nitrogens with zero attached hydrogens (tertiary/aromatic N) is 3.